The number of ether oxygens (including phenoxy) is 2. The third kappa shape index (κ3) is 2.64. The molecule has 1 amide bonds. The minimum absolute atomic E-state index is 0.0559. The number of allylic oxidation sites excluding steroid dienone is 2. The number of primary amides is 1. The Hall–Kier alpha value is -3.29. The van der Waals surface area contributed by atoms with Gasteiger partial charge in [-0.1, -0.05) is 0 Å². The number of ketones is 1. The first-order valence-electron chi connectivity index (χ1n) is 8.67. The Bertz CT molecular complexity index is 976. The molecule has 140 valence electrons. The molecule has 0 bridgehead atoms. The molecule has 1 aliphatic heterocycles. The molecule has 8 nitrogen and oxygen atoms in total. The molecule has 27 heavy (non-hydrogen) atoms. The lowest BCUT2D eigenvalue weighted by atomic mass is 9.85. The molecule has 2 aliphatic rings. The fourth-order valence-electron chi connectivity index (χ4n) is 3.78. The zero-order valence-electron chi connectivity index (χ0n) is 15.1. The highest BCUT2D eigenvalue weighted by molar-refractivity contribution is 6.02. The van der Waals surface area contributed by atoms with Crippen molar-refractivity contribution in [1.29, 1.82) is 0 Å². The van der Waals surface area contributed by atoms with Crippen LogP contribution in [0.15, 0.2) is 35.7 Å². The second kappa shape index (κ2) is 6.46. The van der Waals surface area contributed by atoms with Crippen molar-refractivity contribution in [2.45, 2.75) is 25.3 Å². The number of nitrogens with two attached hydrogens (primary N) is 1. The number of nitrogens with zero attached hydrogens (tertiary/aromatic N) is 2. The monoisotopic (exact) mass is 368 g/mol. The van der Waals surface area contributed by atoms with Crippen LogP contribution in [0.5, 0.6) is 11.5 Å². The van der Waals surface area contributed by atoms with Crippen molar-refractivity contribution in [3.05, 3.63) is 46.8 Å². The van der Waals surface area contributed by atoms with Crippen LogP contribution in [0.4, 0.5) is 5.82 Å². The SMILES string of the molecule is COc1ccc(OC)c(C2C3=C(CCCC3=O)Nc3c(C(N)=O)cnn32)c1. The van der Waals surface area contributed by atoms with Gasteiger partial charge in [0.25, 0.3) is 5.91 Å². The second-order valence-corrected chi connectivity index (χ2v) is 6.52. The first kappa shape index (κ1) is 17.1. The summed E-state index contributed by atoms with van der Waals surface area (Å²) < 4.78 is 12.5. The van der Waals surface area contributed by atoms with E-state index in [4.69, 9.17) is 15.2 Å². The van der Waals surface area contributed by atoms with E-state index >= 15 is 0 Å². The third-order valence-electron chi connectivity index (χ3n) is 5.04. The van der Waals surface area contributed by atoms with Crippen molar-refractivity contribution in [1.82, 2.24) is 9.78 Å². The number of fused-ring (bicyclic) bond motifs is 1. The number of Topliss-reactive ketones (excluding diaryl/α,β-unsaturated/α-hetero) is 1. The molecule has 2 heterocycles. The summed E-state index contributed by atoms with van der Waals surface area (Å²) in [6.45, 7) is 0. The van der Waals surface area contributed by atoms with Crippen LogP contribution in [0.3, 0.4) is 0 Å². The van der Waals surface area contributed by atoms with Gasteiger partial charge in [-0.05, 0) is 31.0 Å². The standard InChI is InChI=1S/C19H20N4O4/c1-26-10-6-7-15(27-2)11(8-10)17-16-13(4-3-5-14(16)24)22-19-12(18(20)25)9-21-23(17)19/h6-9,17,22H,3-5H2,1-2H3,(H2,20,25). The molecule has 1 aromatic carbocycles. The topological polar surface area (TPSA) is 108 Å². The highest BCUT2D eigenvalue weighted by Crippen LogP contribution is 2.44. The summed E-state index contributed by atoms with van der Waals surface area (Å²) in [5.74, 6) is 1.21. The van der Waals surface area contributed by atoms with Crippen molar-refractivity contribution < 1.29 is 19.1 Å². The van der Waals surface area contributed by atoms with Gasteiger partial charge in [0, 0.05) is 23.3 Å². The first-order valence-corrected chi connectivity index (χ1v) is 8.67. The van der Waals surface area contributed by atoms with Crippen molar-refractivity contribution >= 4 is 17.5 Å². The Kier molecular flexibility index (Phi) is 4.10. The first-order chi connectivity index (χ1) is 13.0. The van der Waals surface area contributed by atoms with E-state index in [0.717, 1.165) is 17.7 Å². The van der Waals surface area contributed by atoms with E-state index in [-0.39, 0.29) is 11.3 Å². The Morgan fingerprint density at radius 2 is 2.11 bits per heavy atom. The lowest BCUT2D eigenvalue weighted by molar-refractivity contribution is -0.116. The van der Waals surface area contributed by atoms with E-state index in [9.17, 15) is 9.59 Å². The van der Waals surface area contributed by atoms with Crippen LogP contribution in [0.1, 0.15) is 41.2 Å². The number of benzene rings is 1. The maximum Gasteiger partial charge on any atom is 0.254 e. The van der Waals surface area contributed by atoms with Gasteiger partial charge in [0.05, 0.1) is 20.4 Å². The molecule has 8 heteroatoms. The molecule has 0 saturated heterocycles. The number of anilines is 1. The van der Waals surface area contributed by atoms with Gasteiger partial charge in [0.1, 0.15) is 28.9 Å². The quantitative estimate of drug-likeness (QED) is 0.855. The van der Waals surface area contributed by atoms with Crippen molar-refractivity contribution in [2.75, 3.05) is 19.5 Å². The zero-order chi connectivity index (χ0) is 19.1. The molecular weight excluding hydrogens is 348 g/mol. The van der Waals surface area contributed by atoms with Gasteiger partial charge in [-0.15, -0.1) is 0 Å². The van der Waals surface area contributed by atoms with Crippen LogP contribution in [0.25, 0.3) is 0 Å². The number of carbonyl (C=O) groups is 2. The van der Waals surface area contributed by atoms with E-state index in [1.165, 1.54) is 6.20 Å². The fraction of sp³-hybridized carbons (Fsp3) is 0.316. The third-order valence-corrected chi connectivity index (χ3v) is 5.04. The Balaban J connectivity index is 1.98. The molecule has 1 aliphatic carbocycles. The van der Waals surface area contributed by atoms with Crippen LogP contribution >= 0.6 is 0 Å². The van der Waals surface area contributed by atoms with Gasteiger partial charge in [-0.2, -0.15) is 5.10 Å². The summed E-state index contributed by atoms with van der Waals surface area (Å²) in [4.78, 5) is 24.6. The van der Waals surface area contributed by atoms with E-state index < -0.39 is 11.9 Å². The molecule has 1 atom stereocenters. The molecule has 1 aromatic heterocycles. The highest BCUT2D eigenvalue weighted by atomic mass is 16.5. The Labute approximate surface area is 155 Å². The smallest absolute Gasteiger partial charge is 0.254 e. The molecule has 2 aromatic rings. The molecule has 0 spiro atoms. The fourth-order valence-corrected chi connectivity index (χ4v) is 3.78. The number of rotatable bonds is 4. The summed E-state index contributed by atoms with van der Waals surface area (Å²) in [5.41, 5.74) is 7.97. The predicted octanol–water partition coefficient (Wildman–Crippen LogP) is 2.02. The minimum atomic E-state index is -0.578. The minimum Gasteiger partial charge on any atom is -0.497 e. The van der Waals surface area contributed by atoms with E-state index in [0.29, 0.717) is 35.7 Å². The van der Waals surface area contributed by atoms with Gasteiger partial charge < -0.3 is 20.5 Å². The molecule has 4 rings (SSSR count). The van der Waals surface area contributed by atoms with Gasteiger partial charge in [-0.25, -0.2) is 4.68 Å². The van der Waals surface area contributed by atoms with Crippen LogP contribution in [0.2, 0.25) is 0 Å². The number of amides is 1. The maximum absolute atomic E-state index is 12.8. The van der Waals surface area contributed by atoms with Crippen LogP contribution in [-0.4, -0.2) is 35.7 Å². The van der Waals surface area contributed by atoms with Crippen LogP contribution in [0, 0.1) is 0 Å². The van der Waals surface area contributed by atoms with Gasteiger partial charge in [-0.3, -0.25) is 9.59 Å². The molecule has 1 unspecified atom stereocenters. The number of methoxy groups -OCH3 is 2. The normalized spacial score (nSPS) is 18.4. The molecule has 0 saturated carbocycles. The van der Waals surface area contributed by atoms with Gasteiger partial charge in [0.2, 0.25) is 0 Å². The zero-order valence-corrected chi connectivity index (χ0v) is 15.1. The van der Waals surface area contributed by atoms with Crippen LogP contribution < -0.4 is 20.5 Å². The summed E-state index contributed by atoms with van der Waals surface area (Å²) in [6, 6.07) is 4.89. The lowest BCUT2D eigenvalue weighted by Crippen LogP contribution is -2.32. The number of carbonyl (C=O) groups excluding carboxylic acids is 2. The molecule has 3 N–H and O–H groups in total. The second-order valence-electron chi connectivity index (χ2n) is 6.52. The molecule has 0 radical (unpaired) electrons. The highest BCUT2D eigenvalue weighted by Gasteiger charge is 2.38. The van der Waals surface area contributed by atoms with E-state index in [1.54, 1.807) is 31.0 Å². The number of nitrogens with one attached hydrogen (secondary N) is 1. The number of hydrogen-bond donors (Lipinski definition) is 2. The summed E-state index contributed by atoms with van der Waals surface area (Å²) in [7, 11) is 3.15. The molecule has 0 fully saturated rings. The average Bonchev–Trinajstić information content (AvgIpc) is 3.10. The number of hydrogen-bond acceptors (Lipinski definition) is 6. The van der Waals surface area contributed by atoms with Crippen molar-refractivity contribution in [2.24, 2.45) is 5.73 Å². The van der Waals surface area contributed by atoms with Crippen molar-refractivity contribution in [3.63, 3.8) is 0 Å². The average molecular weight is 368 g/mol. The van der Waals surface area contributed by atoms with E-state index in [1.807, 2.05) is 6.07 Å². The Morgan fingerprint density at radius 3 is 2.81 bits per heavy atom. The lowest BCUT2D eigenvalue weighted by Gasteiger charge is -2.34. The Morgan fingerprint density at radius 1 is 1.30 bits per heavy atom. The predicted molar refractivity (Wildman–Crippen MR) is 97.9 cm³/mol. The summed E-state index contributed by atoms with van der Waals surface area (Å²) >= 11 is 0. The van der Waals surface area contributed by atoms with Crippen LogP contribution in [-0.2, 0) is 4.79 Å². The van der Waals surface area contributed by atoms with E-state index in [2.05, 4.69) is 10.4 Å². The largest absolute Gasteiger partial charge is 0.497 e. The van der Waals surface area contributed by atoms with Gasteiger partial charge >= 0.3 is 0 Å². The van der Waals surface area contributed by atoms with Gasteiger partial charge in [0.15, 0.2) is 5.78 Å². The maximum atomic E-state index is 12.8. The number of aromatic nitrogens is 2. The van der Waals surface area contributed by atoms with Crippen molar-refractivity contribution in [3.8, 4) is 11.5 Å². The summed E-state index contributed by atoms with van der Waals surface area (Å²) in [6.07, 6.45) is 3.37. The summed E-state index contributed by atoms with van der Waals surface area (Å²) in [5, 5.41) is 7.57. The molecular formula is C19H20N4O4.